The summed E-state index contributed by atoms with van der Waals surface area (Å²) in [6, 6.07) is 46.8. The fraction of sp³-hybridized carbons (Fsp3) is 0.281. The predicted molar refractivity (Wildman–Crippen MR) is 258 cm³/mol. The number of fused-ring (bicyclic) bond motifs is 6. The molecular formula is C57H56IrN4O-2. The summed E-state index contributed by atoms with van der Waals surface area (Å²) in [5.41, 5.74) is 13.9. The van der Waals surface area contributed by atoms with Gasteiger partial charge in [-0.1, -0.05) is 136 Å². The Bertz CT molecular complexity index is 3080. The molecule has 0 amide bonds. The Morgan fingerprint density at radius 2 is 1.11 bits per heavy atom. The molecule has 0 saturated heterocycles. The van der Waals surface area contributed by atoms with Crippen molar-refractivity contribution in [3.63, 3.8) is 0 Å². The average Bonchev–Trinajstić information content (AvgIpc) is 3.78. The predicted octanol–water partition coefficient (Wildman–Crippen LogP) is 15.2. The first-order valence-corrected chi connectivity index (χ1v) is 21.5. The van der Waals surface area contributed by atoms with Crippen molar-refractivity contribution in [1.29, 1.82) is 5.26 Å². The van der Waals surface area contributed by atoms with Gasteiger partial charge in [0.1, 0.15) is 17.3 Å². The number of nitrogens with zero attached hydrogens (tertiary/aromatic N) is 4. The molecule has 4 heterocycles. The summed E-state index contributed by atoms with van der Waals surface area (Å²) in [6.45, 7) is 26.7. The quantitative estimate of drug-likeness (QED) is 0.165. The monoisotopic (exact) mass is 1010 g/mol. The van der Waals surface area contributed by atoms with Gasteiger partial charge in [-0.25, -0.2) is 0 Å². The standard InChI is InChI=1S/C38H32N3O.C19H24N.Ir/c1-37(2,3)24-14-17-32-29(20-24)30-21-25(38(4,5)6)15-18-33(30)41(32)34-23(22-39)13-16-27-26-10-9-11-28(35(26)42-36(27)34)31-12-7-8-19-40-31;1-18(2,3)15-9-7-8-14(12-15)17-11-10-16(13-20-17)19(4,5)6;/h7-10,12-21H,1-6H3;7,9-13H,1-6H3;/q2*-1;. The Hall–Kier alpha value is -5.86. The Kier molecular flexibility index (Phi) is 12.0. The van der Waals surface area contributed by atoms with Gasteiger partial charge in [0.2, 0.25) is 0 Å². The topological polar surface area (TPSA) is 67.6 Å². The molecule has 5 aromatic carbocycles. The summed E-state index contributed by atoms with van der Waals surface area (Å²) in [4.78, 5) is 9.17. The Morgan fingerprint density at radius 1 is 0.540 bits per heavy atom. The van der Waals surface area contributed by atoms with E-state index in [1.54, 1.807) is 6.20 Å². The number of hydrogen-bond donors (Lipinski definition) is 0. The van der Waals surface area contributed by atoms with E-state index < -0.39 is 0 Å². The third-order valence-corrected chi connectivity index (χ3v) is 11.9. The van der Waals surface area contributed by atoms with Crippen LogP contribution in [0.3, 0.4) is 0 Å². The van der Waals surface area contributed by atoms with Gasteiger partial charge in [0, 0.05) is 48.7 Å². The van der Waals surface area contributed by atoms with Crippen LogP contribution in [0.5, 0.6) is 0 Å². The van der Waals surface area contributed by atoms with Crippen molar-refractivity contribution in [2.75, 3.05) is 0 Å². The van der Waals surface area contributed by atoms with E-state index in [9.17, 15) is 5.26 Å². The molecule has 0 saturated carbocycles. The van der Waals surface area contributed by atoms with Crippen LogP contribution in [0.25, 0.3) is 71.9 Å². The number of nitriles is 1. The molecular weight excluding hydrogens is 949 g/mol. The molecule has 9 aromatic rings. The zero-order valence-corrected chi connectivity index (χ0v) is 41.0. The first-order chi connectivity index (χ1) is 29.2. The summed E-state index contributed by atoms with van der Waals surface area (Å²) in [5.74, 6) is 0. The maximum Gasteiger partial charge on any atom is 0.146 e. The van der Waals surface area contributed by atoms with Crippen LogP contribution < -0.4 is 0 Å². The third-order valence-electron chi connectivity index (χ3n) is 11.9. The molecule has 0 spiro atoms. The maximum atomic E-state index is 10.4. The van der Waals surface area contributed by atoms with Gasteiger partial charge in [0.05, 0.1) is 22.2 Å². The van der Waals surface area contributed by atoms with Gasteiger partial charge < -0.3 is 19.0 Å². The van der Waals surface area contributed by atoms with Gasteiger partial charge in [0.25, 0.3) is 0 Å². The van der Waals surface area contributed by atoms with Crippen molar-refractivity contribution < 1.29 is 24.5 Å². The van der Waals surface area contributed by atoms with Gasteiger partial charge in [-0.15, -0.1) is 53.6 Å². The summed E-state index contributed by atoms with van der Waals surface area (Å²) >= 11 is 0. The average molecular weight is 1010 g/mol. The number of furan rings is 1. The number of rotatable bonds is 3. The van der Waals surface area contributed by atoms with E-state index in [0.29, 0.717) is 16.7 Å². The van der Waals surface area contributed by atoms with E-state index in [2.05, 4.69) is 176 Å². The van der Waals surface area contributed by atoms with Crippen molar-refractivity contribution in [3.8, 4) is 34.3 Å². The summed E-state index contributed by atoms with van der Waals surface area (Å²) < 4.78 is 8.97. The fourth-order valence-electron chi connectivity index (χ4n) is 8.08. The van der Waals surface area contributed by atoms with Crippen molar-refractivity contribution in [3.05, 3.63) is 162 Å². The molecule has 9 rings (SSSR count). The minimum Gasteiger partial charge on any atom is -0.498 e. The van der Waals surface area contributed by atoms with Gasteiger partial charge in [-0.05, 0) is 86.1 Å². The summed E-state index contributed by atoms with van der Waals surface area (Å²) in [6.07, 6.45) is 3.76. The molecule has 0 bridgehead atoms. The van der Waals surface area contributed by atoms with Crippen molar-refractivity contribution >= 4 is 43.7 Å². The molecule has 6 heteroatoms. The summed E-state index contributed by atoms with van der Waals surface area (Å²) in [5, 5.41) is 14.7. The Labute approximate surface area is 386 Å². The van der Waals surface area contributed by atoms with Gasteiger partial charge in [0.15, 0.2) is 0 Å². The van der Waals surface area contributed by atoms with E-state index in [0.717, 1.165) is 50.0 Å². The van der Waals surface area contributed by atoms with Crippen LogP contribution in [-0.2, 0) is 41.8 Å². The SMILES string of the molecule is CC(C)(C)c1ccc(-c2[c-]ccc(C(C)(C)C)c2)nc1.CC(C)(C)c1ccc2c(c1)c1cc(C(C)(C)C)ccc1n2-c1c(C#N)ccc2c1oc1c(-c3ccccn3)[c-]ccc12.[Ir]. The zero-order valence-electron chi connectivity index (χ0n) is 38.6. The van der Waals surface area contributed by atoms with Crippen LogP contribution in [0.4, 0.5) is 0 Å². The zero-order chi connectivity index (χ0) is 44.4. The molecule has 0 fully saturated rings. The molecule has 4 aromatic heterocycles. The van der Waals surface area contributed by atoms with Crippen LogP contribution in [-0.4, -0.2) is 14.5 Å². The van der Waals surface area contributed by atoms with Crippen LogP contribution in [0, 0.1) is 23.5 Å². The van der Waals surface area contributed by atoms with Gasteiger partial charge >= 0.3 is 0 Å². The molecule has 0 unspecified atom stereocenters. The summed E-state index contributed by atoms with van der Waals surface area (Å²) in [7, 11) is 0. The molecule has 0 N–H and O–H groups in total. The molecule has 5 nitrogen and oxygen atoms in total. The molecule has 0 aliphatic heterocycles. The van der Waals surface area contributed by atoms with Gasteiger partial charge in [-0.2, -0.15) is 5.26 Å². The van der Waals surface area contributed by atoms with Crippen LogP contribution in [0.2, 0.25) is 0 Å². The second kappa shape index (κ2) is 16.7. The molecule has 63 heavy (non-hydrogen) atoms. The van der Waals surface area contributed by atoms with E-state index in [4.69, 9.17) is 4.42 Å². The maximum absolute atomic E-state index is 10.4. The third kappa shape index (κ3) is 8.75. The minimum absolute atomic E-state index is 0. The van der Waals surface area contributed by atoms with Crippen molar-refractivity contribution in [2.24, 2.45) is 0 Å². The number of pyridine rings is 2. The Balaban J connectivity index is 0.000000239. The number of aromatic nitrogens is 3. The van der Waals surface area contributed by atoms with E-state index in [1.807, 2.05) is 54.7 Å². The van der Waals surface area contributed by atoms with Crippen LogP contribution >= 0.6 is 0 Å². The van der Waals surface area contributed by atoms with Crippen LogP contribution in [0.15, 0.2) is 126 Å². The number of hydrogen-bond acceptors (Lipinski definition) is 4. The second-order valence-corrected chi connectivity index (χ2v) is 20.6. The van der Waals surface area contributed by atoms with Crippen molar-refractivity contribution in [1.82, 2.24) is 14.5 Å². The smallest absolute Gasteiger partial charge is 0.146 e. The normalized spacial score (nSPS) is 12.3. The largest absolute Gasteiger partial charge is 0.498 e. The van der Waals surface area contributed by atoms with Gasteiger partial charge in [-0.3, -0.25) is 0 Å². The van der Waals surface area contributed by atoms with E-state index in [-0.39, 0.29) is 41.8 Å². The van der Waals surface area contributed by atoms with Crippen LogP contribution in [0.1, 0.15) is 111 Å². The van der Waals surface area contributed by atoms with E-state index >= 15 is 0 Å². The fourth-order valence-corrected chi connectivity index (χ4v) is 8.08. The molecule has 321 valence electrons. The molecule has 0 aliphatic rings. The molecule has 1 radical (unpaired) electrons. The first kappa shape index (κ1) is 45.2. The minimum atomic E-state index is -0.000804. The second-order valence-electron chi connectivity index (χ2n) is 20.6. The molecule has 0 atom stereocenters. The van der Waals surface area contributed by atoms with E-state index in [1.165, 1.54) is 33.0 Å². The first-order valence-electron chi connectivity index (χ1n) is 21.5. The van der Waals surface area contributed by atoms with Crippen molar-refractivity contribution in [2.45, 2.75) is 105 Å². The Morgan fingerprint density at radius 3 is 1.65 bits per heavy atom. The molecule has 0 aliphatic carbocycles. The number of benzene rings is 5.